The summed E-state index contributed by atoms with van der Waals surface area (Å²) < 4.78 is 12.3. The highest BCUT2D eigenvalue weighted by Crippen LogP contribution is 2.31. The van der Waals surface area contributed by atoms with E-state index in [0.717, 1.165) is 5.56 Å². The molecule has 0 N–H and O–H groups in total. The summed E-state index contributed by atoms with van der Waals surface area (Å²) >= 11 is 2.33. The van der Waals surface area contributed by atoms with Gasteiger partial charge in [0.25, 0.3) is 0 Å². The molecular formula is C13H17IO2. The van der Waals surface area contributed by atoms with E-state index < -0.39 is 0 Å². The van der Waals surface area contributed by atoms with Crippen molar-refractivity contribution in [2.45, 2.75) is 32.5 Å². The van der Waals surface area contributed by atoms with Gasteiger partial charge in [-0.1, -0.05) is 26.8 Å². The Labute approximate surface area is 110 Å². The fraction of sp³-hybridized carbons (Fsp3) is 0.538. The summed E-state index contributed by atoms with van der Waals surface area (Å²) in [6.07, 6.45) is -0.172. The van der Waals surface area contributed by atoms with E-state index in [1.807, 2.05) is 0 Å². The maximum Gasteiger partial charge on any atom is 0.185 e. The van der Waals surface area contributed by atoms with Gasteiger partial charge in [-0.3, -0.25) is 0 Å². The molecule has 88 valence electrons. The van der Waals surface area contributed by atoms with Gasteiger partial charge in [-0.25, -0.2) is 0 Å². The molecule has 0 bridgehead atoms. The summed E-state index contributed by atoms with van der Waals surface area (Å²) in [4.78, 5) is 0. The van der Waals surface area contributed by atoms with Crippen molar-refractivity contribution in [1.82, 2.24) is 0 Å². The standard InChI is InChI=1S/C13H17IO2/c1-13(2,3)9-4-5-11(14)10(8-9)12-15-6-7-16-12/h4-5,8,12H,6-7H2,1-3H3. The van der Waals surface area contributed by atoms with Crippen molar-refractivity contribution in [3.63, 3.8) is 0 Å². The van der Waals surface area contributed by atoms with E-state index in [4.69, 9.17) is 9.47 Å². The fourth-order valence-corrected chi connectivity index (χ4v) is 2.32. The zero-order valence-electron chi connectivity index (χ0n) is 9.92. The number of benzene rings is 1. The Balaban J connectivity index is 2.36. The fourth-order valence-electron chi connectivity index (χ4n) is 1.73. The number of rotatable bonds is 1. The lowest BCUT2D eigenvalue weighted by Gasteiger charge is -2.21. The van der Waals surface area contributed by atoms with Gasteiger partial charge >= 0.3 is 0 Å². The van der Waals surface area contributed by atoms with Gasteiger partial charge in [0.15, 0.2) is 6.29 Å². The Morgan fingerprint density at radius 1 is 1.19 bits per heavy atom. The van der Waals surface area contributed by atoms with Crippen molar-refractivity contribution < 1.29 is 9.47 Å². The molecule has 3 heteroatoms. The molecule has 0 aromatic heterocycles. The van der Waals surface area contributed by atoms with Crippen molar-refractivity contribution >= 4 is 22.6 Å². The first-order valence-electron chi connectivity index (χ1n) is 5.51. The van der Waals surface area contributed by atoms with Gasteiger partial charge in [-0.15, -0.1) is 0 Å². The van der Waals surface area contributed by atoms with Gasteiger partial charge in [0.1, 0.15) is 0 Å². The number of hydrogen-bond donors (Lipinski definition) is 0. The van der Waals surface area contributed by atoms with E-state index in [2.05, 4.69) is 61.6 Å². The van der Waals surface area contributed by atoms with E-state index in [1.54, 1.807) is 0 Å². The molecule has 1 aliphatic rings. The van der Waals surface area contributed by atoms with Crippen LogP contribution in [0.15, 0.2) is 18.2 Å². The van der Waals surface area contributed by atoms with Crippen LogP contribution in [0.1, 0.15) is 38.2 Å². The summed E-state index contributed by atoms with van der Waals surface area (Å²) in [6, 6.07) is 6.53. The minimum absolute atomic E-state index is 0.164. The van der Waals surface area contributed by atoms with E-state index in [9.17, 15) is 0 Å². The van der Waals surface area contributed by atoms with Crippen molar-refractivity contribution in [3.8, 4) is 0 Å². The quantitative estimate of drug-likeness (QED) is 0.731. The SMILES string of the molecule is CC(C)(C)c1ccc(I)c(C2OCCO2)c1. The second kappa shape index (κ2) is 4.63. The molecule has 0 aliphatic carbocycles. The van der Waals surface area contributed by atoms with Gasteiger partial charge in [-0.05, 0) is 45.7 Å². The summed E-state index contributed by atoms with van der Waals surface area (Å²) in [6.45, 7) is 8.04. The number of hydrogen-bond acceptors (Lipinski definition) is 2. The molecule has 1 fully saturated rings. The molecule has 0 spiro atoms. The highest BCUT2D eigenvalue weighted by Gasteiger charge is 2.23. The lowest BCUT2D eigenvalue weighted by atomic mass is 9.86. The van der Waals surface area contributed by atoms with E-state index >= 15 is 0 Å². The molecule has 0 saturated carbocycles. The first-order chi connectivity index (χ1) is 7.48. The predicted molar refractivity (Wildman–Crippen MR) is 72.5 cm³/mol. The molecule has 0 atom stereocenters. The molecule has 1 aromatic rings. The minimum Gasteiger partial charge on any atom is -0.346 e. The molecule has 2 nitrogen and oxygen atoms in total. The molecule has 0 unspecified atom stereocenters. The van der Waals surface area contributed by atoms with Crippen molar-refractivity contribution in [2.24, 2.45) is 0 Å². The molecule has 2 rings (SSSR count). The predicted octanol–water partition coefficient (Wildman–Crippen LogP) is 3.63. The van der Waals surface area contributed by atoms with Crippen LogP contribution in [0.4, 0.5) is 0 Å². The number of ether oxygens (including phenoxy) is 2. The lowest BCUT2D eigenvalue weighted by Crippen LogP contribution is -2.13. The van der Waals surface area contributed by atoms with E-state index in [1.165, 1.54) is 9.13 Å². The smallest absolute Gasteiger partial charge is 0.185 e. The first kappa shape index (κ1) is 12.3. The first-order valence-corrected chi connectivity index (χ1v) is 6.59. The molecular weight excluding hydrogens is 315 g/mol. The molecule has 16 heavy (non-hydrogen) atoms. The van der Waals surface area contributed by atoms with Crippen LogP contribution >= 0.6 is 22.6 Å². The maximum atomic E-state index is 5.56. The molecule has 0 amide bonds. The van der Waals surface area contributed by atoms with Crippen LogP contribution < -0.4 is 0 Å². The van der Waals surface area contributed by atoms with Crippen LogP contribution in [0.2, 0.25) is 0 Å². The molecule has 1 saturated heterocycles. The van der Waals surface area contributed by atoms with Crippen LogP contribution in [-0.2, 0) is 14.9 Å². The molecule has 1 aliphatic heterocycles. The zero-order chi connectivity index (χ0) is 11.8. The molecule has 1 heterocycles. The Morgan fingerprint density at radius 2 is 1.81 bits per heavy atom. The molecule has 1 aromatic carbocycles. The van der Waals surface area contributed by atoms with Gasteiger partial charge < -0.3 is 9.47 Å². The third kappa shape index (κ3) is 2.57. The third-order valence-electron chi connectivity index (χ3n) is 2.74. The second-order valence-corrected chi connectivity index (χ2v) is 6.22. The summed E-state index contributed by atoms with van der Waals surface area (Å²) in [5, 5.41) is 0. The van der Waals surface area contributed by atoms with Crippen LogP contribution in [0.25, 0.3) is 0 Å². The maximum absolute atomic E-state index is 5.56. The zero-order valence-corrected chi connectivity index (χ0v) is 12.1. The Hall–Kier alpha value is -0.130. The third-order valence-corrected chi connectivity index (χ3v) is 3.72. The van der Waals surface area contributed by atoms with Crippen molar-refractivity contribution in [2.75, 3.05) is 13.2 Å². The van der Waals surface area contributed by atoms with Crippen LogP contribution in [0.5, 0.6) is 0 Å². The van der Waals surface area contributed by atoms with Crippen LogP contribution in [-0.4, -0.2) is 13.2 Å². The average molecular weight is 332 g/mol. The highest BCUT2D eigenvalue weighted by molar-refractivity contribution is 14.1. The van der Waals surface area contributed by atoms with Crippen molar-refractivity contribution in [1.29, 1.82) is 0 Å². The van der Waals surface area contributed by atoms with E-state index in [0.29, 0.717) is 13.2 Å². The highest BCUT2D eigenvalue weighted by atomic mass is 127. The Bertz CT molecular complexity index is 376. The van der Waals surface area contributed by atoms with Gasteiger partial charge in [0, 0.05) is 9.13 Å². The van der Waals surface area contributed by atoms with Gasteiger partial charge in [0.05, 0.1) is 13.2 Å². The van der Waals surface area contributed by atoms with Crippen LogP contribution in [0, 0.1) is 3.57 Å². The lowest BCUT2D eigenvalue weighted by molar-refractivity contribution is -0.0447. The average Bonchev–Trinajstić information content (AvgIpc) is 2.69. The summed E-state index contributed by atoms with van der Waals surface area (Å²) in [5.41, 5.74) is 2.64. The Morgan fingerprint density at radius 3 is 2.38 bits per heavy atom. The minimum atomic E-state index is -0.172. The monoisotopic (exact) mass is 332 g/mol. The summed E-state index contributed by atoms with van der Waals surface area (Å²) in [5.74, 6) is 0. The van der Waals surface area contributed by atoms with E-state index in [-0.39, 0.29) is 11.7 Å². The number of halogens is 1. The Kier molecular flexibility index (Phi) is 3.56. The van der Waals surface area contributed by atoms with Gasteiger partial charge in [0.2, 0.25) is 0 Å². The van der Waals surface area contributed by atoms with Gasteiger partial charge in [-0.2, -0.15) is 0 Å². The summed E-state index contributed by atoms with van der Waals surface area (Å²) in [7, 11) is 0. The second-order valence-electron chi connectivity index (χ2n) is 5.06. The van der Waals surface area contributed by atoms with Crippen molar-refractivity contribution in [3.05, 3.63) is 32.9 Å². The normalized spacial score (nSPS) is 18.0. The topological polar surface area (TPSA) is 18.5 Å². The van der Waals surface area contributed by atoms with Crippen LogP contribution in [0.3, 0.4) is 0 Å². The largest absolute Gasteiger partial charge is 0.346 e. The molecule has 0 radical (unpaired) electrons.